The molecule has 0 aliphatic carbocycles. The van der Waals surface area contributed by atoms with E-state index in [1.165, 1.54) is 6.08 Å². The van der Waals surface area contributed by atoms with Gasteiger partial charge < -0.3 is 15.1 Å². The summed E-state index contributed by atoms with van der Waals surface area (Å²) in [6, 6.07) is 5.44. The lowest BCUT2D eigenvalue weighted by atomic mass is 9.89. The number of benzene rings is 1. The average Bonchev–Trinajstić information content (AvgIpc) is 3.35. The SMILES string of the molecule is C=CC(=O)N1CCC(N2N=C(c3oc4ccc(C)cc4c3C)C3C(N)=NNC(=O)C32)CC1. The Hall–Kier alpha value is -3.62. The fourth-order valence-corrected chi connectivity index (χ4v) is 4.93. The van der Waals surface area contributed by atoms with Gasteiger partial charge in [-0.1, -0.05) is 18.2 Å². The summed E-state index contributed by atoms with van der Waals surface area (Å²) >= 11 is 0. The number of nitrogens with two attached hydrogens (primary N) is 1. The number of carbonyl (C=O) groups excluding carboxylic acids is 2. The molecule has 3 aliphatic rings. The predicted octanol–water partition coefficient (Wildman–Crippen LogP) is 1.63. The lowest BCUT2D eigenvalue weighted by Gasteiger charge is -2.39. The lowest BCUT2D eigenvalue weighted by Crippen LogP contribution is -2.57. The van der Waals surface area contributed by atoms with Crippen LogP contribution < -0.4 is 11.2 Å². The molecule has 1 aromatic heterocycles. The molecule has 1 fully saturated rings. The summed E-state index contributed by atoms with van der Waals surface area (Å²) in [5, 5.41) is 11.8. The van der Waals surface area contributed by atoms with Gasteiger partial charge in [-0.2, -0.15) is 10.2 Å². The molecule has 2 atom stereocenters. The molecule has 9 nitrogen and oxygen atoms in total. The third kappa shape index (κ3) is 3.07. The quantitative estimate of drug-likeness (QED) is 0.713. The number of amidine groups is 1. The van der Waals surface area contributed by atoms with Crippen LogP contribution in [0.1, 0.15) is 29.7 Å². The van der Waals surface area contributed by atoms with E-state index in [9.17, 15) is 9.59 Å². The number of furan rings is 1. The minimum absolute atomic E-state index is 0.00237. The van der Waals surface area contributed by atoms with Gasteiger partial charge in [0.15, 0.2) is 5.76 Å². The van der Waals surface area contributed by atoms with Crippen LogP contribution in [0.15, 0.2) is 45.5 Å². The number of aryl methyl sites for hydroxylation is 2. The molecule has 0 radical (unpaired) electrons. The largest absolute Gasteiger partial charge is 0.454 e. The third-order valence-corrected chi connectivity index (χ3v) is 6.65. The molecule has 2 amide bonds. The van der Waals surface area contributed by atoms with Crippen LogP contribution in [0.4, 0.5) is 0 Å². The van der Waals surface area contributed by atoms with Crippen LogP contribution in [0, 0.1) is 19.8 Å². The van der Waals surface area contributed by atoms with Crippen LogP contribution >= 0.6 is 0 Å². The maximum atomic E-state index is 12.9. The Morgan fingerprint density at radius 2 is 2.06 bits per heavy atom. The van der Waals surface area contributed by atoms with Crippen molar-refractivity contribution in [2.45, 2.75) is 38.8 Å². The maximum Gasteiger partial charge on any atom is 0.265 e. The summed E-state index contributed by atoms with van der Waals surface area (Å²) in [5.74, 6) is 0.141. The zero-order valence-corrected chi connectivity index (χ0v) is 18.2. The van der Waals surface area contributed by atoms with Crippen molar-refractivity contribution >= 4 is 34.3 Å². The highest BCUT2D eigenvalue weighted by Crippen LogP contribution is 2.36. The van der Waals surface area contributed by atoms with Crippen molar-refractivity contribution in [1.29, 1.82) is 0 Å². The highest BCUT2D eigenvalue weighted by atomic mass is 16.3. The van der Waals surface area contributed by atoms with Gasteiger partial charge in [-0.25, -0.2) is 5.43 Å². The predicted molar refractivity (Wildman–Crippen MR) is 121 cm³/mol. The Morgan fingerprint density at radius 1 is 1.31 bits per heavy atom. The summed E-state index contributed by atoms with van der Waals surface area (Å²) in [7, 11) is 0. The summed E-state index contributed by atoms with van der Waals surface area (Å²) in [6.07, 6.45) is 2.73. The van der Waals surface area contributed by atoms with E-state index in [1.54, 1.807) is 4.90 Å². The van der Waals surface area contributed by atoms with E-state index >= 15 is 0 Å². The van der Waals surface area contributed by atoms with Crippen LogP contribution in [-0.4, -0.2) is 58.4 Å². The van der Waals surface area contributed by atoms with Gasteiger partial charge in [0.25, 0.3) is 5.91 Å². The van der Waals surface area contributed by atoms with Crippen LogP contribution in [0.2, 0.25) is 0 Å². The van der Waals surface area contributed by atoms with Crippen molar-refractivity contribution < 1.29 is 14.0 Å². The smallest absolute Gasteiger partial charge is 0.265 e. The van der Waals surface area contributed by atoms with E-state index in [1.807, 2.05) is 31.0 Å². The molecule has 3 aliphatic heterocycles. The molecule has 0 saturated carbocycles. The second-order valence-corrected chi connectivity index (χ2v) is 8.62. The fraction of sp³-hybridized carbons (Fsp3) is 0.391. The van der Waals surface area contributed by atoms with Gasteiger partial charge in [0.05, 0.1) is 12.0 Å². The van der Waals surface area contributed by atoms with Crippen molar-refractivity contribution in [3.63, 3.8) is 0 Å². The summed E-state index contributed by atoms with van der Waals surface area (Å²) in [4.78, 5) is 26.6. The van der Waals surface area contributed by atoms with Gasteiger partial charge >= 0.3 is 0 Å². The normalized spacial score (nSPS) is 23.6. The van der Waals surface area contributed by atoms with Crippen molar-refractivity contribution in [1.82, 2.24) is 15.3 Å². The molecule has 0 spiro atoms. The van der Waals surface area contributed by atoms with E-state index in [2.05, 4.69) is 23.2 Å². The highest BCUT2D eigenvalue weighted by molar-refractivity contribution is 6.19. The van der Waals surface area contributed by atoms with Crippen LogP contribution in [0.5, 0.6) is 0 Å². The number of rotatable bonds is 3. The molecule has 5 rings (SSSR count). The molecule has 3 N–H and O–H groups in total. The number of nitrogens with one attached hydrogen (secondary N) is 1. The first-order valence-electron chi connectivity index (χ1n) is 10.8. The number of nitrogens with zero attached hydrogens (tertiary/aromatic N) is 4. The summed E-state index contributed by atoms with van der Waals surface area (Å²) in [6.45, 7) is 8.77. The van der Waals surface area contributed by atoms with Crippen LogP contribution in [-0.2, 0) is 9.59 Å². The number of amides is 2. The standard InChI is InChI=1S/C23H26N6O3/c1-4-17(30)28-9-7-14(8-10-28)29-20-18(22(24)25-26-23(20)31)19(27-29)21-13(3)15-11-12(2)5-6-16(15)32-21/h4-6,11,14,18,20H,1,7-10H2,2-3H3,(H2,24,25)(H,26,31). The zero-order valence-electron chi connectivity index (χ0n) is 18.2. The molecule has 2 unspecified atom stereocenters. The highest BCUT2D eigenvalue weighted by Gasteiger charge is 2.50. The van der Waals surface area contributed by atoms with Crippen LogP contribution in [0.3, 0.4) is 0 Å². The molecule has 1 aromatic carbocycles. The van der Waals surface area contributed by atoms with E-state index in [0.29, 0.717) is 43.2 Å². The van der Waals surface area contributed by atoms with Crippen molar-refractivity contribution in [2.75, 3.05) is 13.1 Å². The number of likely N-dealkylation sites (tertiary alicyclic amines) is 1. The lowest BCUT2D eigenvalue weighted by molar-refractivity contribution is -0.131. The van der Waals surface area contributed by atoms with Gasteiger partial charge in [-0.15, -0.1) is 0 Å². The number of fused-ring (bicyclic) bond motifs is 2. The molecular formula is C23H26N6O3. The average molecular weight is 435 g/mol. The Balaban J connectivity index is 1.54. The zero-order chi connectivity index (χ0) is 22.6. The maximum absolute atomic E-state index is 12.9. The third-order valence-electron chi connectivity index (χ3n) is 6.65. The topological polar surface area (TPSA) is 117 Å². The molecule has 1 saturated heterocycles. The van der Waals surface area contributed by atoms with Crippen LogP contribution in [0.25, 0.3) is 11.0 Å². The second-order valence-electron chi connectivity index (χ2n) is 8.62. The Labute approximate surface area is 185 Å². The van der Waals surface area contributed by atoms with Gasteiger partial charge in [-0.05, 0) is 44.9 Å². The van der Waals surface area contributed by atoms with Crippen molar-refractivity contribution in [3.05, 3.63) is 47.7 Å². The Kier molecular flexibility index (Phi) is 4.76. The molecule has 0 bridgehead atoms. The minimum atomic E-state index is -0.594. The summed E-state index contributed by atoms with van der Waals surface area (Å²) in [5.41, 5.74) is 12.3. The van der Waals surface area contributed by atoms with E-state index in [4.69, 9.17) is 15.3 Å². The Morgan fingerprint density at radius 3 is 2.78 bits per heavy atom. The first kappa shape index (κ1) is 20.3. The summed E-state index contributed by atoms with van der Waals surface area (Å²) < 4.78 is 6.21. The van der Waals surface area contributed by atoms with Crippen molar-refractivity contribution in [2.24, 2.45) is 21.9 Å². The number of hydrogen-bond acceptors (Lipinski definition) is 7. The fourth-order valence-electron chi connectivity index (χ4n) is 4.93. The van der Waals surface area contributed by atoms with E-state index < -0.39 is 12.0 Å². The number of hydrazone groups is 2. The van der Waals surface area contributed by atoms with Gasteiger partial charge in [-0.3, -0.25) is 14.6 Å². The van der Waals surface area contributed by atoms with Crippen molar-refractivity contribution in [3.8, 4) is 0 Å². The molecule has 9 heteroatoms. The number of hydrogen-bond donors (Lipinski definition) is 2. The monoisotopic (exact) mass is 434 g/mol. The van der Waals surface area contributed by atoms with Gasteiger partial charge in [0.2, 0.25) is 5.91 Å². The molecular weight excluding hydrogens is 408 g/mol. The number of carbonyl (C=O) groups is 2. The van der Waals surface area contributed by atoms with E-state index in [0.717, 1.165) is 22.1 Å². The minimum Gasteiger partial charge on any atom is -0.454 e. The number of piperidine rings is 1. The van der Waals surface area contributed by atoms with Gasteiger partial charge in [0.1, 0.15) is 23.2 Å². The first-order valence-corrected chi connectivity index (χ1v) is 10.8. The molecule has 2 aromatic rings. The molecule has 166 valence electrons. The van der Waals surface area contributed by atoms with E-state index in [-0.39, 0.29) is 17.9 Å². The Bertz CT molecular complexity index is 1190. The second kappa shape index (κ2) is 7.51. The first-order chi connectivity index (χ1) is 15.4. The van der Waals surface area contributed by atoms with Gasteiger partial charge in [0, 0.05) is 24.0 Å². The molecule has 32 heavy (non-hydrogen) atoms. The molecule has 4 heterocycles.